The Hall–Kier alpha value is -0.860. The van der Waals surface area contributed by atoms with Gasteiger partial charge in [0.05, 0.1) is 0 Å². The molecule has 0 spiro atoms. The average Bonchev–Trinajstić information content (AvgIpc) is 2.16. The normalized spacial score (nSPS) is 11.2. The quantitative estimate of drug-likeness (QED) is 0.364. The first-order chi connectivity index (χ1) is 7.41. The zero-order valence-electron chi connectivity index (χ0n) is 11.0. The first-order valence-corrected chi connectivity index (χ1v) is 6.14. The van der Waals surface area contributed by atoms with Crippen LogP contribution in [0.5, 0.6) is 0 Å². The molecule has 0 radical (unpaired) electrons. The summed E-state index contributed by atoms with van der Waals surface area (Å²) in [6.07, 6.45) is 4.51. The van der Waals surface area contributed by atoms with E-state index in [1.807, 2.05) is 13.8 Å². The fourth-order valence-corrected chi connectivity index (χ4v) is 1.48. The molecule has 0 bridgehead atoms. The van der Waals surface area contributed by atoms with E-state index in [2.05, 4.69) is 6.92 Å². The molecule has 0 fully saturated rings. The molecule has 0 N–H and O–H groups in total. The summed E-state index contributed by atoms with van der Waals surface area (Å²) in [5.74, 6) is -0.456. The van der Waals surface area contributed by atoms with Crippen molar-refractivity contribution < 1.29 is 14.3 Å². The van der Waals surface area contributed by atoms with Crippen LogP contribution in [0.15, 0.2) is 0 Å². The topological polar surface area (TPSA) is 43.4 Å². The Morgan fingerprint density at radius 3 is 2.25 bits per heavy atom. The Kier molecular flexibility index (Phi) is 7.02. The van der Waals surface area contributed by atoms with Crippen LogP contribution in [0, 0.1) is 0 Å². The summed E-state index contributed by atoms with van der Waals surface area (Å²) in [6.45, 7) is 7.69. The van der Waals surface area contributed by atoms with E-state index in [-0.39, 0.29) is 12.2 Å². The number of carbonyl (C=O) groups is 2. The highest BCUT2D eigenvalue weighted by Gasteiger charge is 2.23. The van der Waals surface area contributed by atoms with Gasteiger partial charge < -0.3 is 4.74 Å². The minimum absolute atomic E-state index is 0.0608. The van der Waals surface area contributed by atoms with Crippen molar-refractivity contribution in [2.75, 3.05) is 0 Å². The second kappa shape index (κ2) is 7.42. The fourth-order valence-electron chi connectivity index (χ4n) is 1.48. The lowest BCUT2D eigenvalue weighted by Gasteiger charge is -2.25. The smallest absolute Gasteiger partial charge is 0.313 e. The molecular weight excluding hydrogens is 204 g/mol. The van der Waals surface area contributed by atoms with Gasteiger partial charge in [-0.3, -0.25) is 9.59 Å². The summed E-state index contributed by atoms with van der Waals surface area (Å²) >= 11 is 0. The highest BCUT2D eigenvalue weighted by atomic mass is 16.6. The lowest BCUT2D eigenvalue weighted by Crippen LogP contribution is -2.29. The molecule has 0 saturated carbocycles. The lowest BCUT2D eigenvalue weighted by molar-refractivity contribution is -0.158. The standard InChI is InChI=1S/C13H24O3/c1-5-7-8-9-13(3,4)16-12(15)10-11(14)6-2/h5-10H2,1-4H3. The number of ketones is 1. The van der Waals surface area contributed by atoms with E-state index >= 15 is 0 Å². The third-order valence-corrected chi connectivity index (χ3v) is 2.51. The van der Waals surface area contributed by atoms with Crippen LogP contribution in [0.3, 0.4) is 0 Å². The molecule has 0 aromatic heterocycles. The number of unbranched alkanes of at least 4 members (excludes halogenated alkanes) is 2. The van der Waals surface area contributed by atoms with E-state index in [1.54, 1.807) is 6.92 Å². The second-order valence-electron chi connectivity index (χ2n) is 4.76. The molecule has 3 nitrogen and oxygen atoms in total. The molecule has 0 saturated heterocycles. The van der Waals surface area contributed by atoms with Crippen LogP contribution in [-0.2, 0) is 14.3 Å². The Morgan fingerprint density at radius 1 is 1.12 bits per heavy atom. The molecule has 3 heteroatoms. The van der Waals surface area contributed by atoms with Crippen molar-refractivity contribution in [1.29, 1.82) is 0 Å². The molecule has 0 heterocycles. The van der Waals surface area contributed by atoms with Crippen LogP contribution < -0.4 is 0 Å². The summed E-state index contributed by atoms with van der Waals surface area (Å²) in [5, 5.41) is 0. The zero-order valence-corrected chi connectivity index (χ0v) is 11.0. The molecule has 0 aliphatic rings. The summed E-state index contributed by atoms with van der Waals surface area (Å²) in [5.41, 5.74) is -0.444. The minimum atomic E-state index is -0.444. The van der Waals surface area contributed by atoms with Gasteiger partial charge in [-0.25, -0.2) is 0 Å². The second-order valence-corrected chi connectivity index (χ2v) is 4.76. The zero-order chi connectivity index (χ0) is 12.6. The Balaban J connectivity index is 3.94. The van der Waals surface area contributed by atoms with Crippen LogP contribution in [0.4, 0.5) is 0 Å². The molecule has 94 valence electrons. The van der Waals surface area contributed by atoms with Gasteiger partial charge in [-0.2, -0.15) is 0 Å². The average molecular weight is 228 g/mol. The van der Waals surface area contributed by atoms with E-state index in [0.717, 1.165) is 25.7 Å². The number of carbonyl (C=O) groups excluding carboxylic acids is 2. The van der Waals surface area contributed by atoms with E-state index in [9.17, 15) is 9.59 Å². The maximum atomic E-state index is 11.4. The number of hydrogen-bond acceptors (Lipinski definition) is 3. The van der Waals surface area contributed by atoms with E-state index in [1.165, 1.54) is 0 Å². The van der Waals surface area contributed by atoms with Gasteiger partial charge in [-0.15, -0.1) is 0 Å². The summed E-state index contributed by atoms with van der Waals surface area (Å²) in [4.78, 5) is 22.5. The number of rotatable bonds is 8. The van der Waals surface area contributed by atoms with Crippen molar-refractivity contribution in [3.8, 4) is 0 Å². The van der Waals surface area contributed by atoms with Crippen LogP contribution in [0.1, 0.15) is 66.2 Å². The maximum absolute atomic E-state index is 11.4. The van der Waals surface area contributed by atoms with Gasteiger partial charge in [0.15, 0.2) is 0 Å². The molecule has 0 aliphatic carbocycles. The van der Waals surface area contributed by atoms with Gasteiger partial charge in [0.1, 0.15) is 17.8 Å². The summed E-state index contributed by atoms with van der Waals surface area (Å²) < 4.78 is 5.30. The molecule has 0 aliphatic heterocycles. The predicted molar refractivity (Wildman–Crippen MR) is 64.2 cm³/mol. The van der Waals surface area contributed by atoms with Gasteiger partial charge in [0.2, 0.25) is 0 Å². The highest BCUT2D eigenvalue weighted by Crippen LogP contribution is 2.19. The first kappa shape index (κ1) is 15.1. The van der Waals surface area contributed by atoms with Gasteiger partial charge >= 0.3 is 5.97 Å². The Morgan fingerprint density at radius 2 is 1.75 bits per heavy atom. The molecule has 0 rings (SSSR count). The maximum Gasteiger partial charge on any atom is 0.313 e. The molecule has 0 aromatic rings. The minimum Gasteiger partial charge on any atom is -0.459 e. The van der Waals surface area contributed by atoms with E-state index < -0.39 is 11.6 Å². The predicted octanol–water partition coefficient (Wildman–Crippen LogP) is 3.26. The number of Topliss-reactive ketones (excluding diaryl/α,β-unsaturated/α-hetero) is 1. The Bertz CT molecular complexity index is 231. The van der Waals surface area contributed by atoms with E-state index in [0.29, 0.717) is 6.42 Å². The number of ether oxygens (including phenoxy) is 1. The van der Waals surface area contributed by atoms with Crippen LogP contribution in [0.25, 0.3) is 0 Å². The molecule has 16 heavy (non-hydrogen) atoms. The number of esters is 1. The van der Waals surface area contributed by atoms with Gasteiger partial charge in [-0.05, 0) is 26.7 Å². The molecule has 0 unspecified atom stereocenters. The van der Waals surface area contributed by atoms with Crippen molar-refractivity contribution in [2.45, 2.75) is 71.8 Å². The fraction of sp³-hybridized carbons (Fsp3) is 0.846. The van der Waals surface area contributed by atoms with Crippen LogP contribution in [0.2, 0.25) is 0 Å². The van der Waals surface area contributed by atoms with Crippen molar-refractivity contribution in [2.24, 2.45) is 0 Å². The van der Waals surface area contributed by atoms with Crippen LogP contribution >= 0.6 is 0 Å². The summed E-state index contributed by atoms with van der Waals surface area (Å²) in [6, 6.07) is 0. The molecule has 0 atom stereocenters. The SMILES string of the molecule is CCCCCC(C)(C)OC(=O)CC(=O)CC. The Labute approximate surface area is 98.6 Å². The van der Waals surface area contributed by atoms with Crippen molar-refractivity contribution in [3.05, 3.63) is 0 Å². The highest BCUT2D eigenvalue weighted by molar-refractivity contribution is 5.95. The van der Waals surface area contributed by atoms with E-state index in [4.69, 9.17) is 4.74 Å². The largest absolute Gasteiger partial charge is 0.459 e. The van der Waals surface area contributed by atoms with Crippen molar-refractivity contribution in [1.82, 2.24) is 0 Å². The first-order valence-electron chi connectivity index (χ1n) is 6.14. The van der Waals surface area contributed by atoms with Gasteiger partial charge in [0, 0.05) is 6.42 Å². The molecule has 0 amide bonds. The molecular formula is C13H24O3. The van der Waals surface area contributed by atoms with Crippen molar-refractivity contribution >= 4 is 11.8 Å². The van der Waals surface area contributed by atoms with Gasteiger partial charge in [-0.1, -0.05) is 26.7 Å². The molecule has 0 aromatic carbocycles. The monoisotopic (exact) mass is 228 g/mol. The van der Waals surface area contributed by atoms with Gasteiger partial charge in [0.25, 0.3) is 0 Å². The number of hydrogen-bond donors (Lipinski definition) is 0. The van der Waals surface area contributed by atoms with Crippen LogP contribution in [-0.4, -0.2) is 17.4 Å². The third kappa shape index (κ3) is 7.43. The summed E-state index contributed by atoms with van der Waals surface area (Å²) in [7, 11) is 0. The third-order valence-electron chi connectivity index (χ3n) is 2.51. The van der Waals surface area contributed by atoms with Crippen molar-refractivity contribution in [3.63, 3.8) is 0 Å². The lowest BCUT2D eigenvalue weighted by atomic mass is 10.0.